The highest BCUT2D eigenvalue weighted by Gasteiger charge is 2.14. The number of benzene rings is 2. The van der Waals surface area contributed by atoms with Crippen molar-refractivity contribution in [3.63, 3.8) is 0 Å². The van der Waals surface area contributed by atoms with Gasteiger partial charge in [-0.1, -0.05) is 50.6 Å². The fourth-order valence-corrected chi connectivity index (χ4v) is 2.34. The standard InChI is InChI=1S/C18H22BN/c1-13-6-11-17(14(2)12-13)20(19)16-9-7-15(8-10-16)18(3,4)5/h6-12H,1-5H3. The molecule has 1 nitrogen and oxygen atoms in total. The van der Waals surface area contributed by atoms with Gasteiger partial charge in [0.1, 0.15) is 0 Å². The van der Waals surface area contributed by atoms with Crippen molar-refractivity contribution in [2.24, 2.45) is 0 Å². The van der Waals surface area contributed by atoms with Gasteiger partial charge in [-0.25, -0.2) is 0 Å². The van der Waals surface area contributed by atoms with Crippen LogP contribution in [0.15, 0.2) is 42.5 Å². The number of rotatable bonds is 2. The second-order valence-electron chi connectivity index (χ2n) is 6.46. The smallest absolute Gasteiger partial charge is 0.234 e. The van der Waals surface area contributed by atoms with E-state index in [0.29, 0.717) is 0 Å². The molecule has 2 radical (unpaired) electrons. The third kappa shape index (κ3) is 3.06. The van der Waals surface area contributed by atoms with Crippen molar-refractivity contribution in [2.75, 3.05) is 4.81 Å². The molecule has 0 aliphatic rings. The van der Waals surface area contributed by atoms with Gasteiger partial charge in [0, 0.05) is 11.4 Å². The van der Waals surface area contributed by atoms with E-state index >= 15 is 0 Å². The summed E-state index contributed by atoms with van der Waals surface area (Å²) in [5, 5.41) is 0. The molecule has 2 aromatic rings. The number of hydrogen-bond donors (Lipinski definition) is 0. The van der Waals surface area contributed by atoms with E-state index in [2.05, 4.69) is 77.1 Å². The molecule has 0 aromatic heterocycles. The zero-order valence-corrected chi connectivity index (χ0v) is 13.1. The summed E-state index contributed by atoms with van der Waals surface area (Å²) in [6, 6.07) is 14.8. The summed E-state index contributed by atoms with van der Waals surface area (Å²) in [6.45, 7) is 10.8. The zero-order valence-electron chi connectivity index (χ0n) is 13.1. The third-order valence-electron chi connectivity index (χ3n) is 3.62. The first-order chi connectivity index (χ1) is 9.29. The molecule has 0 saturated carbocycles. The van der Waals surface area contributed by atoms with E-state index in [1.165, 1.54) is 16.7 Å². The molecule has 102 valence electrons. The van der Waals surface area contributed by atoms with Crippen molar-refractivity contribution < 1.29 is 0 Å². The highest BCUT2D eigenvalue weighted by molar-refractivity contribution is 6.22. The molecule has 20 heavy (non-hydrogen) atoms. The Morgan fingerprint density at radius 1 is 0.900 bits per heavy atom. The molecule has 0 atom stereocenters. The van der Waals surface area contributed by atoms with Crippen LogP contribution in [-0.4, -0.2) is 7.98 Å². The zero-order chi connectivity index (χ0) is 14.9. The van der Waals surface area contributed by atoms with E-state index in [0.717, 1.165) is 11.4 Å². The molecule has 0 bridgehead atoms. The molecule has 0 aliphatic carbocycles. The Labute approximate surface area is 124 Å². The van der Waals surface area contributed by atoms with Crippen LogP contribution >= 0.6 is 0 Å². The van der Waals surface area contributed by atoms with Gasteiger partial charge in [0.15, 0.2) is 0 Å². The summed E-state index contributed by atoms with van der Waals surface area (Å²) in [7, 11) is 6.26. The summed E-state index contributed by atoms with van der Waals surface area (Å²) in [4.78, 5) is 1.75. The van der Waals surface area contributed by atoms with Gasteiger partial charge in [-0.05, 0) is 48.6 Å². The lowest BCUT2D eigenvalue weighted by atomic mass is 9.87. The maximum atomic E-state index is 6.26. The molecule has 0 fully saturated rings. The van der Waals surface area contributed by atoms with Crippen molar-refractivity contribution in [3.05, 3.63) is 59.2 Å². The Kier molecular flexibility index (Phi) is 3.94. The minimum absolute atomic E-state index is 0.164. The second-order valence-corrected chi connectivity index (χ2v) is 6.46. The first kappa shape index (κ1) is 14.7. The molecular formula is C18H22BN. The van der Waals surface area contributed by atoms with Crippen molar-refractivity contribution in [2.45, 2.75) is 40.0 Å². The SMILES string of the molecule is [B]N(c1ccc(C(C)(C)C)cc1)c1ccc(C)cc1C. The van der Waals surface area contributed by atoms with Crippen LogP contribution in [0.4, 0.5) is 11.4 Å². The van der Waals surface area contributed by atoms with Gasteiger partial charge in [-0.2, -0.15) is 0 Å². The van der Waals surface area contributed by atoms with Gasteiger partial charge in [-0.3, -0.25) is 0 Å². The molecule has 2 rings (SSSR count). The van der Waals surface area contributed by atoms with Crippen molar-refractivity contribution in [3.8, 4) is 0 Å². The van der Waals surface area contributed by atoms with Gasteiger partial charge < -0.3 is 4.81 Å². The molecule has 0 spiro atoms. The second kappa shape index (κ2) is 5.36. The Hall–Kier alpha value is -1.70. The van der Waals surface area contributed by atoms with Crippen molar-refractivity contribution >= 4 is 19.4 Å². The van der Waals surface area contributed by atoms with Crippen LogP contribution < -0.4 is 4.81 Å². The summed E-state index contributed by atoms with van der Waals surface area (Å²) in [5.74, 6) is 0. The number of anilines is 2. The predicted octanol–water partition coefficient (Wildman–Crippen LogP) is 4.82. The fourth-order valence-electron chi connectivity index (χ4n) is 2.34. The summed E-state index contributed by atoms with van der Waals surface area (Å²) in [6.07, 6.45) is 0. The van der Waals surface area contributed by atoms with Gasteiger partial charge in [0.05, 0.1) is 0 Å². The topological polar surface area (TPSA) is 3.24 Å². The molecular weight excluding hydrogens is 241 g/mol. The molecule has 0 amide bonds. The van der Waals surface area contributed by atoms with E-state index in [1.807, 2.05) is 0 Å². The van der Waals surface area contributed by atoms with Crippen LogP contribution in [0.2, 0.25) is 0 Å². The maximum Gasteiger partial charge on any atom is 0.234 e. The Balaban J connectivity index is 2.31. The largest absolute Gasteiger partial charge is 0.398 e. The molecule has 0 aliphatic heterocycles. The van der Waals surface area contributed by atoms with Crippen LogP contribution in [-0.2, 0) is 5.41 Å². The molecule has 0 heterocycles. The highest BCUT2D eigenvalue weighted by Crippen LogP contribution is 2.29. The first-order valence-corrected chi connectivity index (χ1v) is 7.01. The van der Waals surface area contributed by atoms with Crippen LogP contribution in [0.5, 0.6) is 0 Å². The van der Waals surface area contributed by atoms with E-state index in [-0.39, 0.29) is 5.41 Å². The van der Waals surface area contributed by atoms with Crippen LogP contribution in [0.3, 0.4) is 0 Å². The van der Waals surface area contributed by atoms with E-state index in [9.17, 15) is 0 Å². The summed E-state index contributed by atoms with van der Waals surface area (Å²) < 4.78 is 0. The lowest BCUT2D eigenvalue weighted by Crippen LogP contribution is -2.15. The first-order valence-electron chi connectivity index (χ1n) is 7.01. The lowest BCUT2D eigenvalue weighted by Gasteiger charge is -2.25. The molecule has 2 aromatic carbocycles. The summed E-state index contributed by atoms with van der Waals surface area (Å²) >= 11 is 0. The molecule has 0 unspecified atom stereocenters. The monoisotopic (exact) mass is 263 g/mol. The van der Waals surface area contributed by atoms with Crippen molar-refractivity contribution in [1.82, 2.24) is 0 Å². The van der Waals surface area contributed by atoms with Crippen LogP contribution in [0.1, 0.15) is 37.5 Å². The van der Waals surface area contributed by atoms with Gasteiger partial charge >= 0.3 is 0 Å². The number of nitrogens with zero attached hydrogens (tertiary/aromatic N) is 1. The van der Waals surface area contributed by atoms with E-state index < -0.39 is 0 Å². The van der Waals surface area contributed by atoms with E-state index in [1.54, 1.807) is 4.81 Å². The Morgan fingerprint density at radius 2 is 1.50 bits per heavy atom. The number of hydrogen-bond acceptors (Lipinski definition) is 1. The Bertz CT molecular complexity index is 594. The van der Waals surface area contributed by atoms with Gasteiger partial charge in [-0.15, -0.1) is 0 Å². The minimum Gasteiger partial charge on any atom is -0.398 e. The third-order valence-corrected chi connectivity index (χ3v) is 3.62. The molecule has 0 N–H and O–H groups in total. The average molecular weight is 263 g/mol. The maximum absolute atomic E-state index is 6.26. The molecule has 2 heteroatoms. The Morgan fingerprint density at radius 3 is 2.00 bits per heavy atom. The van der Waals surface area contributed by atoms with Crippen LogP contribution in [0.25, 0.3) is 0 Å². The highest BCUT2D eigenvalue weighted by atomic mass is 15.0. The van der Waals surface area contributed by atoms with E-state index in [4.69, 9.17) is 7.98 Å². The molecule has 0 saturated heterocycles. The minimum atomic E-state index is 0.164. The lowest BCUT2D eigenvalue weighted by molar-refractivity contribution is 0.590. The van der Waals surface area contributed by atoms with Gasteiger partial charge in [0.2, 0.25) is 7.98 Å². The van der Waals surface area contributed by atoms with Gasteiger partial charge in [0.25, 0.3) is 0 Å². The quantitative estimate of drug-likeness (QED) is 0.702. The average Bonchev–Trinajstić information content (AvgIpc) is 2.37. The van der Waals surface area contributed by atoms with Crippen LogP contribution in [0, 0.1) is 13.8 Å². The summed E-state index contributed by atoms with van der Waals surface area (Å²) in [5.41, 5.74) is 5.96. The fraction of sp³-hybridized carbons (Fsp3) is 0.333. The number of aryl methyl sites for hydroxylation is 2. The van der Waals surface area contributed by atoms with Crippen molar-refractivity contribution in [1.29, 1.82) is 0 Å². The normalized spacial score (nSPS) is 11.4. The predicted molar refractivity (Wildman–Crippen MR) is 89.0 cm³/mol.